The van der Waals surface area contributed by atoms with Gasteiger partial charge < -0.3 is 4.74 Å². The first-order valence-electron chi connectivity index (χ1n) is 5.93. The van der Waals surface area contributed by atoms with Gasteiger partial charge in [-0.05, 0) is 24.6 Å². The van der Waals surface area contributed by atoms with Crippen LogP contribution in [0.4, 0.5) is 0 Å². The Morgan fingerprint density at radius 2 is 1.95 bits per heavy atom. The molecule has 0 saturated carbocycles. The van der Waals surface area contributed by atoms with Crippen LogP contribution in [0.1, 0.15) is 5.56 Å². The van der Waals surface area contributed by atoms with E-state index in [1.165, 1.54) is 11.4 Å². The van der Waals surface area contributed by atoms with Crippen LogP contribution in [0.15, 0.2) is 53.5 Å². The largest absolute Gasteiger partial charge is 0.361 e. The first-order chi connectivity index (χ1) is 8.96. The van der Waals surface area contributed by atoms with E-state index < -0.39 is 16.3 Å². The lowest BCUT2D eigenvalue weighted by atomic mass is 10.2. The molecule has 1 aliphatic rings. The van der Waals surface area contributed by atoms with E-state index in [2.05, 4.69) is 6.58 Å². The lowest BCUT2D eigenvalue weighted by Crippen LogP contribution is -2.44. The Morgan fingerprint density at radius 3 is 2.53 bits per heavy atom. The lowest BCUT2D eigenvalue weighted by molar-refractivity contribution is 0.0490. The highest BCUT2D eigenvalue weighted by Crippen LogP contribution is 2.25. The summed E-state index contributed by atoms with van der Waals surface area (Å²) in [6.45, 7) is 6.02. The Morgan fingerprint density at radius 1 is 1.32 bits per heavy atom. The molecule has 2 rings (SSSR count). The summed E-state index contributed by atoms with van der Waals surface area (Å²) in [5, 5.41) is 0. The van der Waals surface area contributed by atoms with Gasteiger partial charge in [0.05, 0.1) is 4.90 Å². The minimum atomic E-state index is -3.58. The summed E-state index contributed by atoms with van der Waals surface area (Å²) in [5.74, 6) is 0. The molecule has 0 aliphatic carbocycles. The number of hydrogen-bond donors (Lipinski definition) is 0. The number of nitrogens with zero attached hydrogens (tertiary/aromatic N) is 1. The molecule has 0 amide bonds. The van der Waals surface area contributed by atoms with E-state index in [-0.39, 0.29) is 11.4 Å². The summed E-state index contributed by atoms with van der Waals surface area (Å²) in [5.41, 5.74) is 1.65. The van der Waals surface area contributed by atoms with Gasteiger partial charge in [-0.2, -0.15) is 4.31 Å². The van der Waals surface area contributed by atoms with Crippen LogP contribution in [-0.4, -0.2) is 32.6 Å². The SMILES string of the molecule is C=C1C=CCN(S(=O)(=O)c2ccc(C)cc2)C1OC. The van der Waals surface area contributed by atoms with Crippen LogP contribution in [0.3, 0.4) is 0 Å². The molecule has 5 heteroatoms. The van der Waals surface area contributed by atoms with Crippen molar-refractivity contribution in [3.05, 3.63) is 54.1 Å². The molecule has 1 atom stereocenters. The third-order valence-electron chi connectivity index (χ3n) is 3.05. The Bertz CT molecular complexity index is 602. The second kappa shape index (κ2) is 5.28. The minimum absolute atomic E-state index is 0.267. The van der Waals surface area contributed by atoms with Crippen molar-refractivity contribution in [2.75, 3.05) is 13.7 Å². The minimum Gasteiger partial charge on any atom is -0.361 e. The van der Waals surface area contributed by atoms with Crippen molar-refractivity contribution in [2.24, 2.45) is 0 Å². The third kappa shape index (κ3) is 2.63. The van der Waals surface area contributed by atoms with Gasteiger partial charge in [-0.25, -0.2) is 8.42 Å². The maximum atomic E-state index is 12.6. The Balaban J connectivity index is 2.41. The highest BCUT2D eigenvalue weighted by Gasteiger charge is 2.33. The molecule has 0 aromatic heterocycles. The number of ether oxygens (including phenoxy) is 1. The summed E-state index contributed by atoms with van der Waals surface area (Å²) >= 11 is 0. The van der Waals surface area contributed by atoms with Gasteiger partial charge in [0.2, 0.25) is 10.0 Å². The lowest BCUT2D eigenvalue weighted by Gasteiger charge is -2.32. The van der Waals surface area contributed by atoms with Gasteiger partial charge in [0.25, 0.3) is 0 Å². The van der Waals surface area contributed by atoms with Crippen LogP contribution < -0.4 is 0 Å². The summed E-state index contributed by atoms with van der Waals surface area (Å²) in [7, 11) is -2.10. The number of hydrogen-bond acceptors (Lipinski definition) is 3. The molecule has 0 bridgehead atoms. The molecule has 1 aromatic carbocycles. The van der Waals surface area contributed by atoms with Crippen LogP contribution >= 0.6 is 0 Å². The molecular formula is C14H17NO3S. The van der Waals surface area contributed by atoms with Gasteiger partial charge in [0, 0.05) is 13.7 Å². The van der Waals surface area contributed by atoms with Crippen LogP contribution in [0.2, 0.25) is 0 Å². The molecule has 1 heterocycles. The second-order valence-electron chi connectivity index (χ2n) is 4.45. The molecule has 0 fully saturated rings. The summed E-state index contributed by atoms with van der Waals surface area (Å²) in [4.78, 5) is 0.267. The van der Waals surface area contributed by atoms with E-state index in [0.717, 1.165) is 5.56 Å². The van der Waals surface area contributed by atoms with Crippen LogP contribution in [0.25, 0.3) is 0 Å². The second-order valence-corrected chi connectivity index (χ2v) is 6.34. The van der Waals surface area contributed by atoms with Crippen molar-refractivity contribution in [3.63, 3.8) is 0 Å². The van der Waals surface area contributed by atoms with Gasteiger partial charge >= 0.3 is 0 Å². The van der Waals surface area contributed by atoms with E-state index in [9.17, 15) is 8.42 Å². The molecule has 19 heavy (non-hydrogen) atoms. The van der Waals surface area contributed by atoms with Crippen LogP contribution in [0, 0.1) is 6.92 Å². The summed E-state index contributed by atoms with van der Waals surface area (Å²) in [6, 6.07) is 6.78. The standard InChI is InChI=1S/C14H17NO3S/c1-11-6-8-13(9-7-11)19(16,17)15-10-4-5-12(2)14(15)18-3/h4-9,14H,2,10H2,1,3H3. The van der Waals surface area contributed by atoms with E-state index in [4.69, 9.17) is 4.74 Å². The average molecular weight is 279 g/mol. The van der Waals surface area contributed by atoms with Crippen molar-refractivity contribution < 1.29 is 13.2 Å². The zero-order chi connectivity index (χ0) is 14.0. The van der Waals surface area contributed by atoms with Crippen molar-refractivity contribution >= 4 is 10.0 Å². The fraction of sp³-hybridized carbons (Fsp3) is 0.286. The molecule has 0 spiro atoms. The number of methoxy groups -OCH3 is 1. The van der Waals surface area contributed by atoms with Crippen molar-refractivity contribution in [1.29, 1.82) is 0 Å². The number of aryl methyl sites for hydroxylation is 1. The maximum Gasteiger partial charge on any atom is 0.245 e. The van der Waals surface area contributed by atoms with E-state index >= 15 is 0 Å². The van der Waals surface area contributed by atoms with Gasteiger partial charge in [-0.3, -0.25) is 0 Å². The molecular weight excluding hydrogens is 262 g/mol. The van der Waals surface area contributed by atoms with Crippen LogP contribution in [0.5, 0.6) is 0 Å². The molecule has 0 N–H and O–H groups in total. The fourth-order valence-corrected chi connectivity index (χ4v) is 3.52. The molecule has 0 radical (unpaired) electrons. The number of benzene rings is 1. The predicted molar refractivity (Wildman–Crippen MR) is 74.1 cm³/mol. The Hall–Kier alpha value is -1.43. The number of rotatable bonds is 3. The zero-order valence-corrected chi connectivity index (χ0v) is 11.9. The molecule has 1 aromatic rings. The monoisotopic (exact) mass is 279 g/mol. The molecule has 0 saturated heterocycles. The highest BCUT2D eigenvalue weighted by molar-refractivity contribution is 7.89. The molecule has 4 nitrogen and oxygen atoms in total. The average Bonchev–Trinajstić information content (AvgIpc) is 2.39. The first-order valence-corrected chi connectivity index (χ1v) is 7.37. The predicted octanol–water partition coefficient (Wildman–Crippen LogP) is 2.08. The number of sulfonamides is 1. The zero-order valence-electron chi connectivity index (χ0n) is 11.0. The molecule has 102 valence electrons. The molecule has 1 unspecified atom stereocenters. The normalized spacial score (nSPS) is 20.7. The van der Waals surface area contributed by atoms with Crippen LogP contribution in [-0.2, 0) is 14.8 Å². The Labute approximate surface area is 114 Å². The summed E-state index contributed by atoms with van der Waals surface area (Å²) < 4.78 is 31.7. The van der Waals surface area contributed by atoms with Crippen molar-refractivity contribution in [3.8, 4) is 0 Å². The first kappa shape index (κ1) is 14.0. The van der Waals surface area contributed by atoms with Gasteiger partial charge in [0.15, 0.2) is 0 Å². The Kier molecular flexibility index (Phi) is 3.89. The molecule has 1 aliphatic heterocycles. The van der Waals surface area contributed by atoms with Crippen molar-refractivity contribution in [2.45, 2.75) is 18.0 Å². The van der Waals surface area contributed by atoms with Gasteiger partial charge in [-0.15, -0.1) is 0 Å². The van der Waals surface area contributed by atoms with E-state index in [1.807, 2.05) is 6.92 Å². The third-order valence-corrected chi connectivity index (χ3v) is 4.87. The smallest absolute Gasteiger partial charge is 0.245 e. The van der Waals surface area contributed by atoms with E-state index in [1.54, 1.807) is 36.4 Å². The maximum absolute atomic E-state index is 12.6. The quantitative estimate of drug-likeness (QED) is 0.851. The van der Waals surface area contributed by atoms with E-state index in [0.29, 0.717) is 5.57 Å². The fourth-order valence-electron chi connectivity index (χ4n) is 2.01. The van der Waals surface area contributed by atoms with Gasteiger partial charge in [0.1, 0.15) is 6.23 Å². The van der Waals surface area contributed by atoms with Crippen molar-refractivity contribution in [1.82, 2.24) is 4.31 Å². The highest BCUT2D eigenvalue weighted by atomic mass is 32.2. The van der Waals surface area contributed by atoms with Gasteiger partial charge in [-0.1, -0.05) is 36.4 Å². The topological polar surface area (TPSA) is 46.6 Å². The summed E-state index contributed by atoms with van der Waals surface area (Å²) in [6.07, 6.45) is 2.91.